The lowest BCUT2D eigenvalue weighted by molar-refractivity contribution is -0.140. The van der Waals surface area contributed by atoms with Crippen LogP contribution < -0.4 is 19.1 Å². The van der Waals surface area contributed by atoms with E-state index in [2.05, 4.69) is 5.32 Å². The third kappa shape index (κ3) is 7.93. The van der Waals surface area contributed by atoms with Gasteiger partial charge in [-0.25, -0.2) is 8.42 Å². The predicted molar refractivity (Wildman–Crippen MR) is 153 cm³/mol. The van der Waals surface area contributed by atoms with E-state index in [1.807, 2.05) is 6.92 Å². The van der Waals surface area contributed by atoms with Crippen molar-refractivity contribution in [2.24, 2.45) is 0 Å². The van der Waals surface area contributed by atoms with Crippen molar-refractivity contribution < 1.29 is 27.5 Å². The summed E-state index contributed by atoms with van der Waals surface area (Å²) >= 11 is 12.5. The number of carbonyl (C=O) groups excluding carboxylic acids is 2. The summed E-state index contributed by atoms with van der Waals surface area (Å²) < 4.78 is 37.5. The molecule has 3 rings (SSSR count). The Bertz CT molecular complexity index is 1280. The highest BCUT2D eigenvalue weighted by Crippen LogP contribution is 2.34. The first kappa shape index (κ1) is 30.8. The van der Waals surface area contributed by atoms with Crippen molar-refractivity contribution in [3.8, 4) is 11.5 Å². The number of sulfonamides is 1. The first-order valence-corrected chi connectivity index (χ1v) is 15.3. The monoisotopic (exact) mass is 599 g/mol. The molecule has 0 aliphatic heterocycles. The lowest BCUT2D eigenvalue weighted by Crippen LogP contribution is -2.53. The van der Waals surface area contributed by atoms with Gasteiger partial charge in [0, 0.05) is 28.7 Å². The van der Waals surface area contributed by atoms with E-state index in [4.69, 9.17) is 32.7 Å². The molecule has 0 spiro atoms. The number of methoxy groups -OCH3 is 2. The van der Waals surface area contributed by atoms with E-state index in [1.54, 1.807) is 30.3 Å². The molecule has 0 heterocycles. The van der Waals surface area contributed by atoms with Crippen LogP contribution in [0.3, 0.4) is 0 Å². The van der Waals surface area contributed by atoms with Gasteiger partial charge in [0.15, 0.2) is 0 Å². The molecule has 0 aromatic heterocycles. The van der Waals surface area contributed by atoms with E-state index in [1.165, 1.54) is 25.2 Å². The maximum absolute atomic E-state index is 14.0. The van der Waals surface area contributed by atoms with Crippen molar-refractivity contribution in [1.82, 2.24) is 10.2 Å². The second-order valence-electron chi connectivity index (χ2n) is 9.48. The second kappa shape index (κ2) is 13.6. The molecule has 1 N–H and O–H groups in total. The van der Waals surface area contributed by atoms with Gasteiger partial charge in [0.25, 0.3) is 0 Å². The topological polar surface area (TPSA) is 105 Å². The number of rotatable bonds is 12. The Hall–Kier alpha value is -2.69. The quantitative estimate of drug-likeness (QED) is 0.381. The molecule has 0 bridgehead atoms. The number of hydrogen-bond acceptors (Lipinski definition) is 6. The fraction of sp³-hybridized carbons (Fsp3) is 0.481. The highest BCUT2D eigenvalue weighted by Gasteiger charge is 2.34. The van der Waals surface area contributed by atoms with Crippen molar-refractivity contribution in [3.05, 3.63) is 52.0 Å². The molecule has 12 heteroatoms. The van der Waals surface area contributed by atoms with Gasteiger partial charge >= 0.3 is 0 Å². The van der Waals surface area contributed by atoms with Crippen LogP contribution in [0.4, 0.5) is 5.69 Å². The van der Waals surface area contributed by atoms with Gasteiger partial charge in [-0.05, 0) is 49.1 Å². The molecule has 2 aromatic rings. The van der Waals surface area contributed by atoms with Crippen molar-refractivity contribution in [1.29, 1.82) is 0 Å². The Balaban J connectivity index is 2.01. The van der Waals surface area contributed by atoms with Crippen LogP contribution in [0.1, 0.15) is 44.6 Å². The van der Waals surface area contributed by atoms with Crippen LogP contribution in [0, 0.1) is 0 Å². The van der Waals surface area contributed by atoms with Crippen molar-refractivity contribution in [2.45, 2.75) is 57.7 Å². The van der Waals surface area contributed by atoms with Gasteiger partial charge in [0.1, 0.15) is 24.1 Å². The molecule has 2 aromatic carbocycles. The molecular weight excluding hydrogens is 565 g/mol. The molecule has 0 saturated heterocycles. The Labute approximate surface area is 240 Å². The number of nitrogens with one attached hydrogen (secondary N) is 1. The minimum Gasteiger partial charge on any atom is -0.497 e. The molecule has 9 nitrogen and oxygen atoms in total. The Kier molecular flexibility index (Phi) is 10.7. The first-order chi connectivity index (χ1) is 18.5. The number of nitrogens with zero attached hydrogens (tertiary/aromatic N) is 2. The summed E-state index contributed by atoms with van der Waals surface area (Å²) in [6.45, 7) is 1.22. The highest BCUT2D eigenvalue weighted by atomic mass is 35.5. The van der Waals surface area contributed by atoms with Crippen LogP contribution in [-0.2, 0) is 26.2 Å². The van der Waals surface area contributed by atoms with E-state index in [-0.39, 0.29) is 29.9 Å². The minimum absolute atomic E-state index is 0.0156. The maximum Gasteiger partial charge on any atom is 0.244 e. The van der Waals surface area contributed by atoms with Gasteiger partial charge in [-0.2, -0.15) is 0 Å². The van der Waals surface area contributed by atoms with E-state index in [9.17, 15) is 18.0 Å². The summed E-state index contributed by atoms with van der Waals surface area (Å²) in [5.74, 6) is -0.233. The Morgan fingerprint density at radius 2 is 1.77 bits per heavy atom. The lowest BCUT2D eigenvalue weighted by atomic mass is 10.1. The average molecular weight is 601 g/mol. The lowest BCUT2D eigenvalue weighted by Gasteiger charge is -2.34. The highest BCUT2D eigenvalue weighted by molar-refractivity contribution is 7.92. The van der Waals surface area contributed by atoms with E-state index in [0.29, 0.717) is 27.8 Å². The average Bonchev–Trinajstić information content (AvgIpc) is 3.40. The van der Waals surface area contributed by atoms with E-state index in [0.717, 1.165) is 36.2 Å². The fourth-order valence-corrected chi connectivity index (χ4v) is 6.02. The van der Waals surface area contributed by atoms with Gasteiger partial charge in [0.05, 0.1) is 26.2 Å². The fourth-order valence-electron chi connectivity index (χ4n) is 4.71. The molecule has 1 saturated carbocycles. The number of benzene rings is 2. The Morgan fingerprint density at radius 1 is 1.08 bits per heavy atom. The normalized spacial score (nSPS) is 14.5. The third-order valence-electron chi connectivity index (χ3n) is 6.78. The zero-order valence-corrected chi connectivity index (χ0v) is 24.9. The molecule has 1 atom stereocenters. The summed E-state index contributed by atoms with van der Waals surface area (Å²) in [5.41, 5.74) is 0.715. The summed E-state index contributed by atoms with van der Waals surface area (Å²) in [6, 6.07) is 8.77. The van der Waals surface area contributed by atoms with E-state index < -0.39 is 28.5 Å². The molecule has 39 heavy (non-hydrogen) atoms. The van der Waals surface area contributed by atoms with Crippen molar-refractivity contribution in [3.63, 3.8) is 0 Å². The van der Waals surface area contributed by atoms with Gasteiger partial charge < -0.3 is 19.7 Å². The number of hydrogen-bond donors (Lipinski definition) is 1. The molecule has 1 aliphatic rings. The van der Waals surface area contributed by atoms with Crippen molar-refractivity contribution >= 4 is 50.7 Å². The number of ether oxygens (including phenoxy) is 2. The third-order valence-corrected chi connectivity index (χ3v) is 8.49. The largest absolute Gasteiger partial charge is 0.497 e. The summed E-state index contributed by atoms with van der Waals surface area (Å²) in [4.78, 5) is 28.7. The summed E-state index contributed by atoms with van der Waals surface area (Å²) in [5, 5.41) is 3.83. The van der Waals surface area contributed by atoms with Crippen LogP contribution in [0.2, 0.25) is 10.0 Å². The maximum atomic E-state index is 14.0. The molecule has 2 amide bonds. The van der Waals surface area contributed by atoms with Crippen LogP contribution >= 0.6 is 23.2 Å². The number of amides is 2. The van der Waals surface area contributed by atoms with Crippen LogP contribution in [0.15, 0.2) is 36.4 Å². The number of anilines is 1. The van der Waals surface area contributed by atoms with Gasteiger partial charge in [-0.3, -0.25) is 13.9 Å². The predicted octanol–water partition coefficient (Wildman–Crippen LogP) is 4.64. The minimum atomic E-state index is -3.96. The molecule has 214 valence electrons. The van der Waals surface area contributed by atoms with Crippen LogP contribution in [0.5, 0.6) is 11.5 Å². The number of halogens is 2. The summed E-state index contributed by atoms with van der Waals surface area (Å²) in [7, 11) is -1.10. The van der Waals surface area contributed by atoms with Crippen molar-refractivity contribution in [2.75, 3.05) is 31.3 Å². The van der Waals surface area contributed by atoms with Crippen LogP contribution in [-0.4, -0.2) is 64.2 Å². The second-order valence-corrected chi connectivity index (χ2v) is 12.2. The zero-order valence-electron chi connectivity index (χ0n) is 22.6. The SMILES string of the molecule is CC[C@H](C(=O)NC1CCCC1)N(Cc1ccc(Cl)cc1Cl)C(=O)CN(c1cc(OC)ccc1OC)S(C)(=O)=O. The Morgan fingerprint density at radius 3 is 2.33 bits per heavy atom. The van der Waals surface area contributed by atoms with Gasteiger partial charge in [-0.15, -0.1) is 0 Å². The smallest absolute Gasteiger partial charge is 0.244 e. The zero-order chi connectivity index (χ0) is 28.7. The molecule has 1 aliphatic carbocycles. The molecule has 0 unspecified atom stereocenters. The van der Waals surface area contributed by atoms with Gasteiger partial charge in [0.2, 0.25) is 21.8 Å². The number of carbonyl (C=O) groups is 2. The van der Waals surface area contributed by atoms with Crippen LogP contribution in [0.25, 0.3) is 0 Å². The molecule has 0 radical (unpaired) electrons. The molecule has 1 fully saturated rings. The first-order valence-electron chi connectivity index (χ1n) is 12.7. The van der Waals surface area contributed by atoms with Gasteiger partial charge in [-0.1, -0.05) is 49.0 Å². The molecular formula is C27H35Cl2N3O6S. The summed E-state index contributed by atoms with van der Waals surface area (Å²) in [6.07, 6.45) is 5.17. The van der Waals surface area contributed by atoms with E-state index >= 15 is 0 Å². The standard InChI is InChI=1S/C27H35Cl2N3O6S/c1-5-23(27(34)30-20-8-6-7-9-20)31(16-18-10-11-19(28)14-22(18)29)26(33)17-32(39(4,35)36)24-15-21(37-2)12-13-25(24)38-3/h10-15,20,23H,5-9,16-17H2,1-4H3,(H,30,34)/t23-/m1/s1.